The van der Waals surface area contributed by atoms with Crippen molar-refractivity contribution in [2.45, 2.75) is 57.1 Å². The zero-order chi connectivity index (χ0) is 27.3. The molecule has 2 unspecified atom stereocenters. The molecule has 18 nitrogen and oxygen atoms in total. The van der Waals surface area contributed by atoms with Crippen molar-refractivity contribution in [3.63, 3.8) is 0 Å². The lowest BCUT2D eigenvalue weighted by Gasteiger charge is -2.19. The maximum atomic E-state index is 12.4. The summed E-state index contributed by atoms with van der Waals surface area (Å²) in [5, 5.41) is 22.8. The van der Waals surface area contributed by atoms with Crippen molar-refractivity contribution in [1.29, 1.82) is 0 Å². The third-order valence-corrected chi connectivity index (χ3v) is 8.34. The molecule has 1 saturated heterocycles. The minimum Gasteiger partial charge on any atom is -0.387 e. The van der Waals surface area contributed by atoms with E-state index in [9.17, 15) is 38.4 Å². The van der Waals surface area contributed by atoms with Gasteiger partial charge in [-0.15, -0.1) is 0 Å². The second kappa shape index (κ2) is 12.5. The van der Waals surface area contributed by atoms with Gasteiger partial charge in [-0.3, -0.25) is 13.9 Å². The number of phosphoric ester groups is 1. The van der Waals surface area contributed by atoms with Gasteiger partial charge in [-0.2, -0.15) is 13.6 Å². The Morgan fingerprint density at radius 1 is 1.11 bits per heavy atom. The lowest BCUT2D eigenvalue weighted by molar-refractivity contribution is -0.116. The van der Waals surface area contributed by atoms with Crippen LogP contribution in [-0.2, 0) is 36.4 Å². The summed E-state index contributed by atoms with van der Waals surface area (Å²) in [5.74, 6) is -0.415. The normalized spacial score (nSPS) is 25.8. The molecule has 0 radical (unpaired) electrons. The van der Waals surface area contributed by atoms with Crippen molar-refractivity contribution < 1.29 is 66.2 Å². The summed E-state index contributed by atoms with van der Waals surface area (Å²) < 4.78 is 51.4. The van der Waals surface area contributed by atoms with Crippen LogP contribution in [0.4, 0.5) is 5.82 Å². The number of nitrogens with one attached hydrogen (secondary N) is 1. The Kier molecular flexibility index (Phi) is 10.7. The van der Waals surface area contributed by atoms with Gasteiger partial charge in [0, 0.05) is 12.6 Å². The van der Waals surface area contributed by atoms with E-state index in [0.717, 1.165) is 23.6 Å². The highest BCUT2D eigenvalue weighted by atomic mass is 31.3. The van der Waals surface area contributed by atoms with Gasteiger partial charge in [0.05, 0.1) is 6.61 Å². The highest BCUT2D eigenvalue weighted by Gasteiger charge is 2.46. The fraction of sp³-hybridized carbons (Fsp3) is 0.667. The number of aromatic nitrogens is 2. The van der Waals surface area contributed by atoms with E-state index in [4.69, 9.17) is 19.4 Å². The number of hydrogen-bond donors (Lipinski definition) is 7. The van der Waals surface area contributed by atoms with Crippen molar-refractivity contribution in [3.05, 3.63) is 22.7 Å². The summed E-state index contributed by atoms with van der Waals surface area (Å²) in [7, 11) is -16.8. The Balaban J connectivity index is 2.02. The van der Waals surface area contributed by atoms with Crippen LogP contribution in [0.15, 0.2) is 17.1 Å². The van der Waals surface area contributed by atoms with E-state index in [1.807, 2.05) is 6.92 Å². The summed E-state index contributed by atoms with van der Waals surface area (Å²) in [4.78, 5) is 63.6. The minimum atomic E-state index is -5.75. The highest BCUT2D eigenvalue weighted by molar-refractivity contribution is 7.66. The van der Waals surface area contributed by atoms with Crippen molar-refractivity contribution in [3.8, 4) is 0 Å². The predicted molar refractivity (Wildman–Crippen MR) is 117 cm³/mol. The van der Waals surface area contributed by atoms with Crippen LogP contribution >= 0.6 is 23.5 Å². The molecule has 0 aliphatic carbocycles. The van der Waals surface area contributed by atoms with Crippen LogP contribution in [0, 0.1) is 0 Å². The summed E-state index contributed by atoms with van der Waals surface area (Å²) in [6, 6.07) is 1.24. The molecule has 1 fully saturated rings. The van der Waals surface area contributed by atoms with Gasteiger partial charge in [0.25, 0.3) is 0 Å². The number of amides is 1. The van der Waals surface area contributed by atoms with Gasteiger partial charge in [-0.25, -0.2) is 18.5 Å². The molecule has 206 valence electrons. The molecule has 0 bridgehead atoms. The predicted octanol–water partition coefficient (Wildman–Crippen LogP) is -0.275. The highest BCUT2D eigenvalue weighted by Crippen LogP contribution is 2.66. The first kappa shape index (κ1) is 30.9. The summed E-state index contributed by atoms with van der Waals surface area (Å²) >= 11 is 0. The van der Waals surface area contributed by atoms with E-state index in [-0.39, 0.29) is 18.1 Å². The number of phosphoric acid groups is 3. The summed E-state index contributed by atoms with van der Waals surface area (Å²) in [6.45, 7) is 0.924. The average Bonchev–Trinajstić information content (AvgIpc) is 2.98. The third-order valence-electron chi connectivity index (χ3n) is 4.53. The van der Waals surface area contributed by atoms with Crippen LogP contribution in [0.2, 0.25) is 0 Å². The maximum absolute atomic E-state index is 12.4. The number of aliphatic hydroxyl groups excluding tert-OH is 2. The molecule has 0 aromatic carbocycles. The van der Waals surface area contributed by atoms with Gasteiger partial charge in [-0.05, 0) is 12.5 Å². The zero-order valence-corrected chi connectivity index (χ0v) is 21.3. The van der Waals surface area contributed by atoms with Crippen LogP contribution in [0.5, 0.6) is 0 Å². The Morgan fingerprint density at radius 2 is 1.78 bits per heavy atom. The number of aliphatic hydroxyl groups is 2. The molecule has 2 heterocycles. The molecule has 36 heavy (non-hydrogen) atoms. The molecule has 7 N–H and O–H groups in total. The van der Waals surface area contributed by atoms with Crippen LogP contribution in [0.1, 0.15) is 38.8 Å². The first-order chi connectivity index (χ1) is 16.5. The molecule has 1 aromatic rings. The first-order valence-electron chi connectivity index (χ1n) is 10.2. The monoisotopic (exact) mass is 581 g/mol. The van der Waals surface area contributed by atoms with Gasteiger partial charge in [0.1, 0.15) is 24.1 Å². The third kappa shape index (κ3) is 9.50. The number of carbonyl (C=O) groups excluding carboxylic acids is 1. The quantitative estimate of drug-likeness (QED) is 0.117. The largest absolute Gasteiger partial charge is 0.490 e. The van der Waals surface area contributed by atoms with Crippen molar-refractivity contribution in [2.75, 3.05) is 11.9 Å². The molecule has 0 spiro atoms. The molecular weight excluding hydrogens is 555 g/mol. The molecule has 21 heteroatoms. The molecule has 1 aromatic heterocycles. The number of carbonyl (C=O) groups is 1. The van der Waals surface area contributed by atoms with E-state index in [1.54, 1.807) is 0 Å². The molecule has 1 amide bonds. The number of unbranched alkanes of at least 4 members (excludes halogenated alkanes) is 2. The Morgan fingerprint density at radius 3 is 2.36 bits per heavy atom. The number of nitrogens with zero attached hydrogens (tertiary/aromatic N) is 2. The summed E-state index contributed by atoms with van der Waals surface area (Å²) in [6.07, 6.45) is -2.94. The molecule has 0 saturated carbocycles. The summed E-state index contributed by atoms with van der Waals surface area (Å²) in [5.41, 5.74) is -0.980. The smallest absolute Gasteiger partial charge is 0.387 e. The van der Waals surface area contributed by atoms with E-state index >= 15 is 0 Å². The number of anilines is 1. The number of rotatable bonds is 13. The molecule has 1 aliphatic rings. The Bertz CT molecular complexity index is 1120. The first-order valence-corrected chi connectivity index (χ1v) is 14.7. The standard InChI is InChI=1S/C15H26N3O15P3/c1-2-3-4-5-11(19)16-10-6-7-18(15(22)17-10)14-13(21)12(20)9(31-14)8-30-35(26,27)33-36(28,29)32-34(23,24)25/h6-7,9,12-14,20-21H,2-5,8H2,1H3,(H,26,27)(H,28,29)(H2,23,24,25)(H,16,17,19,22)/t9-,12-,13-,14-/m1/s1. The molecule has 1 aliphatic heterocycles. The number of ether oxygens (including phenoxy) is 1. The Hall–Kier alpha value is -1.36. The second-order valence-electron chi connectivity index (χ2n) is 7.44. The van der Waals surface area contributed by atoms with Crippen molar-refractivity contribution in [2.24, 2.45) is 0 Å². The van der Waals surface area contributed by atoms with E-state index in [2.05, 4.69) is 23.4 Å². The fourth-order valence-corrected chi connectivity index (χ4v) is 6.01. The topological polar surface area (TPSA) is 273 Å². The Labute approximate surface area is 203 Å². The molecule has 6 atom stereocenters. The van der Waals surface area contributed by atoms with E-state index in [0.29, 0.717) is 6.42 Å². The van der Waals surface area contributed by atoms with Gasteiger partial charge in [-0.1, -0.05) is 19.8 Å². The molecular formula is C15H26N3O15P3. The molecule has 2 rings (SSSR count). The van der Waals surface area contributed by atoms with Crippen molar-refractivity contribution >= 4 is 35.2 Å². The van der Waals surface area contributed by atoms with Gasteiger partial charge in [0.2, 0.25) is 5.91 Å². The van der Waals surface area contributed by atoms with E-state index < -0.39 is 60.3 Å². The van der Waals surface area contributed by atoms with Gasteiger partial charge >= 0.3 is 29.2 Å². The van der Waals surface area contributed by atoms with Crippen LogP contribution in [-0.4, -0.2) is 70.2 Å². The fourth-order valence-electron chi connectivity index (χ4n) is 2.98. The van der Waals surface area contributed by atoms with Gasteiger partial charge in [0.15, 0.2) is 6.23 Å². The lowest BCUT2D eigenvalue weighted by atomic mass is 10.1. The second-order valence-corrected chi connectivity index (χ2v) is 11.9. The van der Waals surface area contributed by atoms with Gasteiger partial charge < -0.3 is 39.8 Å². The van der Waals surface area contributed by atoms with Crippen LogP contribution in [0.3, 0.4) is 0 Å². The maximum Gasteiger partial charge on any atom is 0.490 e. The van der Waals surface area contributed by atoms with Crippen LogP contribution < -0.4 is 11.0 Å². The van der Waals surface area contributed by atoms with E-state index in [1.165, 1.54) is 6.07 Å². The zero-order valence-electron chi connectivity index (χ0n) is 18.6. The lowest BCUT2D eigenvalue weighted by Crippen LogP contribution is -2.36. The number of hydrogen-bond acceptors (Lipinski definition) is 12. The van der Waals surface area contributed by atoms with Crippen LogP contribution in [0.25, 0.3) is 0 Å². The van der Waals surface area contributed by atoms with Crippen molar-refractivity contribution in [1.82, 2.24) is 9.55 Å². The minimum absolute atomic E-state index is 0.0602. The average molecular weight is 581 g/mol. The SMILES string of the molecule is CCCCCC(=O)Nc1ccn([C@@H]2O[C@H](COP(=O)(O)OP(=O)(O)OP(=O)(O)O)[C@@H](O)[C@H]2O)c(=O)n1.